The molecule has 1 heterocycles. The second kappa shape index (κ2) is 4.51. The Hall–Kier alpha value is -2.14. The minimum atomic E-state index is -0.286. The third kappa shape index (κ3) is 1.92. The molecule has 0 aliphatic carbocycles. The number of aromatic amines is 1. The lowest BCUT2D eigenvalue weighted by molar-refractivity contribution is 0.798. The van der Waals surface area contributed by atoms with Crippen LogP contribution in [0.5, 0.6) is 0 Å². The SMILES string of the molecule is O=c1[nH]n(-c2ccccc2Br)c(=O)c2ccccc12. The molecule has 19 heavy (non-hydrogen) atoms. The smallest absolute Gasteiger partial charge is 0.267 e. The minimum absolute atomic E-state index is 0.248. The van der Waals surface area contributed by atoms with Crippen LogP contribution in [0.15, 0.2) is 62.6 Å². The molecular weight excluding hydrogens is 308 g/mol. The second-order valence-corrected chi connectivity index (χ2v) is 4.93. The normalized spacial score (nSPS) is 10.8. The van der Waals surface area contributed by atoms with Gasteiger partial charge in [0.2, 0.25) is 0 Å². The van der Waals surface area contributed by atoms with Crippen molar-refractivity contribution in [1.82, 2.24) is 9.78 Å². The van der Waals surface area contributed by atoms with Crippen molar-refractivity contribution in [2.24, 2.45) is 0 Å². The van der Waals surface area contributed by atoms with E-state index in [9.17, 15) is 9.59 Å². The van der Waals surface area contributed by atoms with Crippen LogP contribution in [-0.2, 0) is 0 Å². The Morgan fingerprint density at radius 2 is 1.53 bits per heavy atom. The molecule has 0 amide bonds. The van der Waals surface area contributed by atoms with Gasteiger partial charge in [0.25, 0.3) is 11.1 Å². The molecule has 0 bridgehead atoms. The highest BCUT2D eigenvalue weighted by molar-refractivity contribution is 9.10. The van der Waals surface area contributed by atoms with Gasteiger partial charge in [-0.15, -0.1) is 0 Å². The van der Waals surface area contributed by atoms with Crippen LogP contribution in [0.4, 0.5) is 0 Å². The molecule has 1 N–H and O–H groups in total. The van der Waals surface area contributed by atoms with Gasteiger partial charge in [-0.2, -0.15) is 0 Å². The van der Waals surface area contributed by atoms with Crippen LogP contribution in [0.1, 0.15) is 0 Å². The molecule has 3 aromatic rings. The first-order chi connectivity index (χ1) is 9.18. The predicted molar refractivity (Wildman–Crippen MR) is 77.9 cm³/mol. The Morgan fingerprint density at radius 3 is 2.26 bits per heavy atom. The summed E-state index contributed by atoms with van der Waals surface area (Å²) in [5, 5.41) is 3.40. The van der Waals surface area contributed by atoms with E-state index in [0.717, 1.165) is 4.47 Å². The lowest BCUT2D eigenvalue weighted by atomic mass is 10.2. The number of benzene rings is 2. The average molecular weight is 317 g/mol. The van der Waals surface area contributed by atoms with Gasteiger partial charge in [0.1, 0.15) is 0 Å². The van der Waals surface area contributed by atoms with E-state index in [4.69, 9.17) is 0 Å². The largest absolute Gasteiger partial charge is 0.277 e. The molecule has 0 aliphatic rings. The summed E-state index contributed by atoms with van der Waals surface area (Å²) in [5.74, 6) is 0. The van der Waals surface area contributed by atoms with Gasteiger partial charge >= 0.3 is 0 Å². The first-order valence-corrected chi connectivity index (χ1v) is 6.47. The molecule has 0 radical (unpaired) electrons. The first kappa shape index (κ1) is 11.9. The van der Waals surface area contributed by atoms with E-state index in [0.29, 0.717) is 16.5 Å². The molecule has 0 atom stereocenters. The molecule has 94 valence electrons. The Bertz CT molecular complexity index is 880. The number of rotatable bonds is 1. The van der Waals surface area contributed by atoms with E-state index < -0.39 is 0 Å². The van der Waals surface area contributed by atoms with Gasteiger partial charge in [0.15, 0.2) is 0 Å². The Balaban J connectivity index is 2.45. The third-order valence-electron chi connectivity index (χ3n) is 2.91. The maximum absolute atomic E-state index is 12.4. The van der Waals surface area contributed by atoms with E-state index in [-0.39, 0.29) is 11.1 Å². The number of hydrogen-bond acceptors (Lipinski definition) is 2. The van der Waals surface area contributed by atoms with E-state index in [1.807, 2.05) is 12.1 Å². The lowest BCUT2D eigenvalue weighted by Gasteiger charge is -2.08. The fourth-order valence-electron chi connectivity index (χ4n) is 2.00. The first-order valence-electron chi connectivity index (χ1n) is 5.67. The maximum Gasteiger partial charge on any atom is 0.277 e. The van der Waals surface area contributed by atoms with Crippen LogP contribution in [-0.4, -0.2) is 9.78 Å². The number of H-pyrrole nitrogens is 1. The van der Waals surface area contributed by atoms with Gasteiger partial charge in [-0.1, -0.05) is 24.3 Å². The molecule has 0 spiro atoms. The third-order valence-corrected chi connectivity index (χ3v) is 3.58. The summed E-state index contributed by atoms with van der Waals surface area (Å²) in [6, 6.07) is 14.0. The van der Waals surface area contributed by atoms with Gasteiger partial charge in [0, 0.05) is 4.47 Å². The summed E-state index contributed by atoms with van der Waals surface area (Å²) in [4.78, 5) is 24.4. The Morgan fingerprint density at radius 1 is 0.895 bits per heavy atom. The number of halogens is 1. The van der Waals surface area contributed by atoms with Crippen molar-refractivity contribution in [3.05, 3.63) is 73.7 Å². The van der Waals surface area contributed by atoms with Crippen LogP contribution in [0.2, 0.25) is 0 Å². The van der Waals surface area contributed by atoms with Crippen LogP contribution in [0.3, 0.4) is 0 Å². The lowest BCUT2D eigenvalue weighted by Crippen LogP contribution is -2.28. The standard InChI is InChI=1S/C14H9BrN2O2/c15-11-7-3-4-8-12(11)17-14(19)10-6-2-1-5-9(10)13(18)16-17/h1-8H,(H,16,18). The number of para-hydroxylation sites is 1. The zero-order valence-corrected chi connectivity index (χ0v) is 11.3. The van der Waals surface area contributed by atoms with E-state index in [1.165, 1.54) is 4.68 Å². The molecule has 1 aromatic heterocycles. The molecule has 0 fully saturated rings. The molecule has 4 nitrogen and oxygen atoms in total. The fourth-order valence-corrected chi connectivity index (χ4v) is 2.47. The van der Waals surface area contributed by atoms with Gasteiger partial charge in [-0.05, 0) is 40.2 Å². The quantitative estimate of drug-likeness (QED) is 0.749. The zero-order chi connectivity index (χ0) is 13.4. The molecule has 3 rings (SSSR count). The van der Waals surface area contributed by atoms with E-state index >= 15 is 0 Å². The topological polar surface area (TPSA) is 54.9 Å². The maximum atomic E-state index is 12.4. The summed E-state index contributed by atoms with van der Waals surface area (Å²) in [7, 11) is 0. The van der Waals surface area contributed by atoms with Crippen molar-refractivity contribution in [3.8, 4) is 5.69 Å². The molecular formula is C14H9BrN2O2. The zero-order valence-electron chi connectivity index (χ0n) is 9.76. The van der Waals surface area contributed by atoms with E-state index in [2.05, 4.69) is 21.0 Å². The highest BCUT2D eigenvalue weighted by atomic mass is 79.9. The molecule has 2 aromatic carbocycles. The molecule has 0 saturated heterocycles. The summed E-state index contributed by atoms with van der Waals surface area (Å²) >= 11 is 3.37. The average Bonchev–Trinajstić information content (AvgIpc) is 2.44. The van der Waals surface area contributed by atoms with Crippen molar-refractivity contribution >= 4 is 26.7 Å². The van der Waals surface area contributed by atoms with Crippen molar-refractivity contribution in [2.75, 3.05) is 0 Å². The van der Waals surface area contributed by atoms with Gasteiger partial charge in [0.05, 0.1) is 16.5 Å². The second-order valence-electron chi connectivity index (χ2n) is 4.08. The molecule has 0 unspecified atom stereocenters. The molecule has 0 saturated carbocycles. The highest BCUT2D eigenvalue weighted by Gasteiger charge is 2.09. The van der Waals surface area contributed by atoms with Crippen molar-refractivity contribution in [3.63, 3.8) is 0 Å². The number of fused-ring (bicyclic) bond motifs is 1. The van der Waals surface area contributed by atoms with Crippen molar-refractivity contribution < 1.29 is 0 Å². The van der Waals surface area contributed by atoms with Gasteiger partial charge in [-0.25, -0.2) is 4.68 Å². The van der Waals surface area contributed by atoms with Gasteiger partial charge in [-0.3, -0.25) is 14.7 Å². The minimum Gasteiger partial charge on any atom is -0.267 e. The highest BCUT2D eigenvalue weighted by Crippen LogP contribution is 2.18. The fraction of sp³-hybridized carbons (Fsp3) is 0. The van der Waals surface area contributed by atoms with Crippen LogP contribution >= 0.6 is 15.9 Å². The van der Waals surface area contributed by atoms with Crippen LogP contribution in [0.25, 0.3) is 16.5 Å². The number of hydrogen-bond donors (Lipinski definition) is 1. The van der Waals surface area contributed by atoms with E-state index in [1.54, 1.807) is 36.4 Å². The van der Waals surface area contributed by atoms with Crippen LogP contribution < -0.4 is 11.1 Å². The summed E-state index contributed by atoms with van der Waals surface area (Å²) in [5.41, 5.74) is 0.0726. The summed E-state index contributed by atoms with van der Waals surface area (Å²) in [6.45, 7) is 0. The number of aromatic nitrogens is 2. The molecule has 0 aliphatic heterocycles. The number of nitrogens with one attached hydrogen (secondary N) is 1. The molecule has 5 heteroatoms. The summed E-state index contributed by atoms with van der Waals surface area (Å²) < 4.78 is 2.00. The summed E-state index contributed by atoms with van der Waals surface area (Å²) in [6.07, 6.45) is 0. The van der Waals surface area contributed by atoms with Crippen molar-refractivity contribution in [1.29, 1.82) is 0 Å². The van der Waals surface area contributed by atoms with Gasteiger partial charge < -0.3 is 0 Å². The Labute approximate surface area is 116 Å². The number of nitrogens with zero attached hydrogens (tertiary/aromatic N) is 1. The predicted octanol–water partition coefficient (Wildman–Crippen LogP) is 2.44. The van der Waals surface area contributed by atoms with Crippen LogP contribution in [0, 0.1) is 0 Å². The van der Waals surface area contributed by atoms with Crippen molar-refractivity contribution in [2.45, 2.75) is 0 Å². The monoisotopic (exact) mass is 316 g/mol. The Kier molecular flexibility index (Phi) is 2.83.